The van der Waals surface area contributed by atoms with Gasteiger partial charge in [-0.05, 0) is 29.3 Å². The first kappa shape index (κ1) is 9.71. The monoisotopic (exact) mass is 198 g/mol. The number of hydrogen-bond acceptors (Lipinski definition) is 2. The highest BCUT2D eigenvalue weighted by atomic mass is 15.1. The van der Waals surface area contributed by atoms with Crippen LogP contribution in [0.25, 0.3) is 5.57 Å². The Balaban J connectivity index is 2.10. The van der Waals surface area contributed by atoms with Gasteiger partial charge in [0.25, 0.3) is 0 Å². The van der Waals surface area contributed by atoms with E-state index in [-0.39, 0.29) is 0 Å². The molecule has 2 rings (SSSR count). The molecule has 0 unspecified atom stereocenters. The largest absolute Gasteiger partial charge is 0.370 e. The predicted molar refractivity (Wildman–Crippen MR) is 63.1 cm³/mol. The molecule has 0 spiro atoms. The number of nitrogens with zero attached hydrogens (tertiary/aromatic N) is 2. The lowest BCUT2D eigenvalue weighted by Crippen LogP contribution is -2.19. The van der Waals surface area contributed by atoms with E-state index in [0.717, 1.165) is 13.1 Å². The molecule has 2 heterocycles. The molecule has 0 saturated heterocycles. The Kier molecular flexibility index (Phi) is 2.98. The number of allylic oxidation sites excluding steroid dienone is 2. The maximum atomic E-state index is 4.01. The third kappa shape index (κ3) is 2.34. The summed E-state index contributed by atoms with van der Waals surface area (Å²) in [7, 11) is 0. The van der Waals surface area contributed by atoms with Gasteiger partial charge in [0.2, 0.25) is 0 Å². The second-order valence-electron chi connectivity index (χ2n) is 3.45. The summed E-state index contributed by atoms with van der Waals surface area (Å²) in [4.78, 5) is 6.22. The van der Waals surface area contributed by atoms with Gasteiger partial charge in [-0.25, -0.2) is 0 Å². The number of hydrogen-bond donors (Lipinski definition) is 0. The van der Waals surface area contributed by atoms with Crippen molar-refractivity contribution < 1.29 is 0 Å². The topological polar surface area (TPSA) is 16.1 Å². The van der Waals surface area contributed by atoms with Crippen molar-refractivity contribution >= 4 is 5.57 Å². The highest BCUT2D eigenvalue weighted by Gasteiger charge is 2.04. The van der Waals surface area contributed by atoms with Crippen molar-refractivity contribution in [2.75, 3.05) is 13.1 Å². The van der Waals surface area contributed by atoms with Crippen LogP contribution in [0.4, 0.5) is 0 Å². The molecule has 1 aromatic rings. The zero-order valence-electron chi connectivity index (χ0n) is 8.63. The third-order valence-electron chi connectivity index (χ3n) is 2.39. The van der Waals surface area contributed by atoms with Gasteiger partial charge in [-0.1, -0.05) is 12.2 Å². The second-order valence-corrected chi connectivity index (χ2v) is 3.45. The van der Waals surface area contributed by atoms with E-state index in [1.165, 1.54) is 11.1 Å². The summed E-state index contributed by atoms with van der Waals surface area (Å²) in [6, 6.07) is 4.05. The fourth-order valence-electron chi connectivity index (χ4n) is 1.59. The predicted octanol–water partition coefficient (Wildman–Crippen LogP) is 2.48. The molecule has 1 aliphatic heterocycles. The van der Waals surface area contributed by atoms with Crippen LogP contribution in [0.3, 0.4) is 0 Å². The van der Waals surface area contributed by atoms with E-state index >= 15 is 0 Å². The van der Waals surface area contributed by atoms with Gasteiger partial charge in [0.1, 0.15) is 0 Å². The van der Waals surface area contributed by atoms with Gasteiger partial charge in [0.05, 0.1) is 0 Å². The zero-order valence-corrected chi connectivity index (χ0v) is 8.63. The summed E-state index contributed by atoms with van der Waals surface area (Å²) in [6.07, 6.45) is 12.0. The van der Waals surface area contributed by atoms with E-state index in [9.17, 15) is 0 Å². The molecule has 0 N–H and O–H groups in total. The molecule has 15 heavy (non-hydrogen) atoms. The van der Waals surface area contributed by atoms with Gasteiger partial charge < -0.3 is 4.90 Å². The van der Waals surface area contributed by atoms with Crippen molar-refractivity contribution in [2.24, 2.45) is 0 Å². The minimum absolute atomic E-state index is 0.899. The molecule has 1 aliphatic rings. The van der Waals surface area contributed by atoms with E-state index in [4.69, 9.17) is 0 Å². The van der Waals surface area contributed by atoms with E-state index in [1.807, 2.05) is 30.6 Å². The minimum Gasteiger partial charge on any atom is -0.370 e. The van der Waals surface area contributed by atoms with Crippen LogP contribution in [0.5, 0.6) is 0 Å². The first-order valence-electron chi connectivity index (χ1n) is 5.04. The van der Waals surface area contributed by atoms with E-state index in [0.29, 0.717) is 0 Å². The van der Waals surface area contributed by atoms with Gasteiger partial charge in [-0.2, -0.15) is 0 Å². The summed E-state index contributed by atoms with van der Waals surface area (Å²) < 4.78 is 0. The van der Waals surface area contributed by atoms with E-state index in [2.05, 4.69) is 34.8 Å². The molecule has 0 radical (unpaired) electrons. The number of aromatic nitrogens is 1. The van der Waals surface area contributed by atoms with Gasteiger partial charge in [0.15, 0.2) is 0 Å². The Morgan fingerprint density at radius 3 is 2.80 bits per heavy atom. The Bertz CT molecular complexity index is 390. The van der Waals surface area contributed by atoms with Crippen LogP contribution < -0.4 is 0 Å². The van der Waals surface area contributed by atoms with Crippen molar-refractivity contribution in [1.82, 2.24) is 9.88 Å². The number of pyridine rings is 1. The molecule has 0 bridgehead atoms. The van der Waals surface area contributed by atoms with Crippen LogP contribution in [0, 0.1) is 0 Å². The molecule has 1 aromatic heterocycles. The molecule has 0 amide bonds. The van der Waals surface area contributed by atoms with Crippen molar-refractivity contribution in [3.63, 3.8) is 0 Å². The van der Waals surface area contributed by atoms with Crippen molar-refractivity contribution in [3.05, 3.63) is 61.1 Å². The molecule has 0 fully saturated rings. The SMILES string of the molecule is C=CCN1C=CC(c2ccncc2)=CC1. The highest BCUT2D eigenvalue weighted by molar-refractivity contribution is 5.74. The van der Waals surface area contributed by atoms with Gasteiger partial charge in [0, 0.05) is 31.7 Å². The molecular formula is C13H14N2. The number of rotatable bonds is 3. The first-order valence-corrected chi connectivity index (χ1v) is 5.04. The minimum atomic E-state index is 0.899. The van der Waals surface area contributed by atoms with Gasteiger partial charge in [-0.3, -0.25) is 4.98 Å². The van der Waals surface area contributed by atoms with E-state index in [1.54, 1.807) is 0 Å². The normalized spacial score (nSPS) is 14.9. The molecule has 0 saturated carbocycles. The summed E-state index contributed by atoms with van der Waals surface area (Å²) in [5, 5.41) is 0. The quantitative estimate of drug-likeness (QED) is 0.694. The Morgan fingerprint density at radius 1 is 1.40 bits per heavy atom. The first-order chi connectivity index (χ1) is 7.40. The smallest absolute Gasteiger partial charge is 0.0366 e. The lowest BCUT2D eigenvalue weighted by molar-refractivity contribution is 0.459. The second kappa shape index (κ2) is 4.60. The molecule has 2 heteroatoms. The van der Waals surface area contributed by atoms with Gasteiger partial charge >= 0.3 is 0 Å². The Labute approximate surface area is 90.3 Å². The van der Waals surface area contributed by atoms with Crippen LogP contribution in [-0.2, 0) is 0 Å². The maximum absolute atomic E-state index is 4.01. The van der Waals surface area contributed by atoms with Crippen LogP contribution in [-0.4, -0.2) is 23.0 Å². The zero-order chi connectivity index (χ0) is 10.5. The van der Waals surface area contributed by atoms with Crippen molar-refractivity contribution in [3.8, 4) is 0 Å². The molecule has 76 valence electrons. The van der Waals surface area contributed by atoms with Gasteiger partial charge in [-0.15, -0.1) is 6.58 Å². The Hall–Kier alpha value is -1.83. The lowest BCUT2D eigenvalue weighted by atomic mass is 10.1. The maximum Gasteiger partial charge on any atom is 0.0366 e. The summed E-state index contributed by atoms with van der Waals surface area (Å²) >= 11 is 0. The third-order valence-corrected chi connectivity index (χ3v) is 2.39. The average molecular weight is 198 g/mol. The van der Waals surface area contributed by atoms with Crippen LogP contribution in [0.1, 0.15) is 5.56 Å². The Morgan fingerprint density at radius 2 is 2.20 bits per heavy atom. The summed E-state index contributed by atoms with van der Waals surface area (Å²) in [5.74, 6) is 0. The average Bonchev–Trinajstić information content (AvgIpc) is 2.32. The van der Waals surface area contributed by atoms with Crippen LogP contribution in [0.2, 0.25) is 0 Å². The highest BCUT2D eigenvalue weighted by Crippen LogP contribution is 2.18. The summed E-state index contributed by atoms with van der Waals surface area (Å²) in [5.41, 5.74) is 2.48. The molecular weight excluding hydrogens is 184 g/mol. The van der Waals surface area contributed by atoms with Crippen molar-refractivity contribution in [1.29, 1.82) is 0 Å². The van der Waals surface area contributed by atoms with Crippen LogP contribution >= 0.6 is 0 Å². The molecule has 0 atom stereocenters. The molecule has 2 nitrogen and oxygen atoms in total. The van der Waals surface area contributed by atoms with Crippen LogP contribution in [0.15, 0.2) is 55.5 Å². The lowest BCUT2D eigenvalue weighted by Gasteiger charge is -2.20. The molecule has 0 aliphatic carbocycles. The van der Waals surface area contributed by atoms with Crippen molar-refractivity contribution in [2.45, 2.75) is 0 Å². The molecule has 0 aromatic carbocycles. The fourth-order valence-corrected chi connectivity index (χ4v) is 1.59. The van der Waals surface area contributed by atoms with E-state index < -0.39 is 0 Å². The standard InChI is InChI=1S/C13H14N2/c1-2-9-15-10-5-13(6-11-15)12-3-7-14-8-4-12/h2-8,10H,1,9,11H2. The summed E-state index contributed by atoms with van der Waals surface area (Å²) in [6.45, 7) is 5.57. The fraction of sp³-hybridized carbons (Fsp3) is 0.154.